The Bertz CT molecular complexity index is 619. The van der Waals surface area contributed by atoms with E-state index in [-0.39, 0.29) is 17.7 Å². The van der Waals surface area contributed by atoms with Crippen LogP contribution in [0.4, 0.5) is 0 Å². The average Bonchev–Trinajstić information content (AvgIpc) is 3.05. The van der Waals surface area contributed by atoms with E-state index >= 15 is 0 Å². The topological polar surface area (TPSA) is 52.6 Å². The summed E-state index contributed by atoms with van der Waals surface area (Å²) in [6, 6.07) is 0. The summed E-state index contributed by atoms with van der Waals surface area (Å²) >= 11 is 0. The van der Waals surface area contributed by atoms with Gasteiger partial charge in [0, 0.05) is 12.8 Å². The summed E-state index contributed by atoms with van der Waals surface area (Å²) in [5, 5.41) is 0. The number of unbranched alkanes of at least 4 members (excludes halogenated alkanes) is 10. The average molecular weight is 417 g/mol. The number of carbonyl (C=O) groups excluding carboxylic acids is 2. The number of hydrogen-bond donors (Lipinski definition) is 0. The Hall–Kier alpha value is -1.26. The number of ketones is 2. The van der Waals surface area contributed by atoms with Crippen molar-refractivity contribution in [3.63, 3.8) is 0 Å². The van der Waals surface area contributed by atoms with Crippen LogP contribution in [0.15, 0.2) is 24.3 Å². The minimum Gasteiger partial charge on any atom is -0.346 e. The van der Waals surface area contributed by atoms with Gasteiger partial charge in [0.15, 0.2) is 11.6 Å². The predicted molar refractivity (Wildman–Crippen MR) is 119 cm³/mol. The fourth-order valence-electron chi connectivity index (χ4n) is 5.04. The molecular weight excluding hydrogens is 376 g/mol. The maximum absolute atomic E-state index is 12.4. The third-order valence-electron chi connectivity index (χ3n) is 6.77. The number of Topliss-reactive ketones (excluding diaryl/α,β-unsaturated/α-hetero) is 1. The molecule has 4 nitrogen and oxygen atoms in total. The molecule has 2 heterocycles. The van der Waals surface area contributed by atoms with E-state index in [0.717, 1.165) is 19.3 Å². The van der Waals surface area contributed by atoms with E-state index in [9.17, 15) is 9.59 Å². The van der Waals surface area contributed by atoms with Crippen molar-refractivity contribution in [2.45, 2.75) is 127 Å². The summed E-state index contributed by atoms with van der Waals surface area (Å²) in [4.78, 5) is 23.9. The first-order valence-electron chi connectivity index (χ1n) is 12.4. The van der Waals surface area contributed by atoms with Crippen molar-refractivity contribution in [1.29, 1.82) is 0 Å². The highest BCUT2D eigenvalue weighted by atomic mass is 16.7. The molecule has 2 aliphatic heterocycles. The zero-order valence-corrected chi connectivity index (χ0v) is 18.8. The van der Waals surface area contributed by atoms with E-state index < -0.39 is 11.4 Å². The van der Waals surface area contributed by atoms with Gasteiger partial charge in [-0.3, -0.25) is 9.59 Å². The zero-order valence-electron chi connectivity index (χ0n) is 18.8. The molecule has 0 saturated carbocycles. The summed E-state index contributed by atoms with van der Waals surface area (Å²) in [6.45, 7) is 2.26. The summed E-state index contributed by atoms with van der Waals surface area (Å²) in [6.07, 6.45) is 24.5. The van der Waals surface area contributed by atoms with Crippen molar-refractivity contribution < 1.29 is 19.1 Å². The molecule has 2 unspecified atom stereocenters. The second-order valence-corrected chi connectivity index (χ2v) is 9.52. The summed E-state index contributed by atoms with van der Waals surface area (Å²) in [7, 11) is 0. The van der Waals surface area contributed by atoms with Gasteiger partial charge in [0.25, 0.3) is 0 Å². The molecule has 1 aliphatic carbocycles. The van der Waals surface area contributed by atoms with E-state index in [0.29, 0.717) is 19.3 Å². The van der Waals surface area contributed by atoms with Crippen molar-refractivity contribution in [1.82, 2.24) is 0 Å². The Kier molecular flexibility index (Phi) is 8.88. The summed E-state index contributed by atoms with van der Waals surface area (Å²) < 4.78 is 12.7. The Balaban J connectivity index is 1.32. The standard InChI is InChI=1S/C26H40O4/c1-2-3-4-5-6-7-8-9-10-11-12-13-24-20-23(28)21-26(29-24)19-18-25(30-26)16-14-22(27)15-17-25/h14-17,24H,2-13,18-21H2,1H3. The first kappa shape index (κ1) is 23.4. The largest absolute Gasteiger partial charge is 0.346 e. The number of rotatable bonds is 12. The zero-order chi connectivity index (χ0) is 21.3. The van der Waals surface area contributed by atoms with Crippen molar-refractivity contribution in [2.24, 2.45) is 0 Å². The van der Waals surface area contributed by atoms with E-state index in [4.69, 9.17) is 9.47 Å². The van der Waals surface area contributed by atoms with Crippen LogP contribution in [0, 0.1) is 0 Å². The number of ether oxygens (including phenoxy) is 2. The number of carbonyl (C=O) groups is 2. The van der Waals surface area contributed by atoms with Crippen LogP contribution in [-0.4, -0.2) is 29.1 Å². The molecule has 168 valence electrons. The van der Waals surface area contributed by atoms with Crippen molar-refractivity contribution >= 4 is 11.6 Å². The lowest BCUT2D eigenvalue weighted by molar-refractivity contribution is -0.268. The molecule has 2 fully saturated rings. The molecular formula is C26H40O4. The van der Waals surface area contributed by atoms with Gasteiger partial charge in [-0.2, -0.15) is 0 Å². The van der Waals surface area contributed by atoms with Gasteiger partial charge in [-0.05, 0) is 37.1 Å². The van der Waals surface area contributed by atoms with Gasteiger partial charge in [0.1, 0.15) is 11.4 Å². The van der Waals surface area contributed by atoms with Crippen LogP contribution in [0.3, 0.4) is 0 Å². The third-order valence-corrected chi connectivity index (χ3v) is 6.77. The molecule has 3 rings (SSSR count). The van der Waals surface area contributed by atoms with Crippen LogP contribution >= 0.6 is 0 Å². The van der Waals surface area contributed by atoms with Crippen LogP contribution in [0.1, 0.15) is 110 Å². The van der Waals surface area contributed by atoms with Crippen LogP contribution in [-0.2, 0) is 19.1 Å². The molecule has 0 aromatic rings. The highest BCUT2D eigenvalue weighted by molar-refractivity contribution is 6.00. The van der Waals surface area contributed by atoms with Gasteiger partial charge in [-0.1, -0.05) is 77.6 Å². The summed E-state index contributed by atoms with van der Waals surface area (Å²) in [5.74, 6) is -0.571. The lowest BCUT2D eigenvalue weighted by atomic mass is 9.92. The molecule has 3 aliphatic rings. The van der Waals surface area contributed by atoms with Crippen molar-refractivity contribution in [3.05, 3.63) is 24.3 Å². The molecule has 30 heavy (non-hydrogen) atoms. The molecule has 4 heteroatoms. The highest BCUT2D eigenvalue weighted by Gasteiger charge is 2.52. The molecule has 2 spiro atoms. The Morgan fingerprint density at radius 2 is 1.47 bits per heavy atom. The molecule has 0 bridgehead atoms. The molecule has 0 amide bonds. The van der Waals surface area contributed by atoms with Crippen molar-refractivity contribution in [2.75, 3.05) is 0 Å². The molecule has 2 atom stereocenters. The Morgan fingerprint density at radius 1 is 0.867 bits per heavy atom. The smallest absolute Gasteiger partial charge is 0.178 e. The Morgan fingerprint density at radius 3 is 2.10 bits per heavy atom. The first-order valence-corrected chi connectivity index (χ1v) is 12.4. The van der Waals surface area contributed by atoms with Gasteiger partial charge in [-0.15, -0.1) is 0 Å². The quantitative estimate of drug-likeness (QED) is 0.347. The second kappa shape index (κ2) is 11.4. The highest BCUT2D eigenvalue weighted by Crippen LogP contribution is 2.46. The molecule has 0 aromatic heterocycles. The van der Waals surface area contributed by atoms with Crippen LogP contribution in [0.25, 0.3) is 0 Å². The number of hydrogen-bond acceptors (Lipinski definition) is 4. The minimum absolute atomic E-state index is 0.0137. The van der Waals surface area contributed by atoms with Crippen LogP contribution < -0.4 is 0 Å². The predicted octanol–water partition coefficient (Wildman–Crippen LogP) is 6.38. The van der Waals surface area contributed by atoms with Gasteiger partial charge in [-0.25, -0.2) is 0 Å². The fourth-order valence-corrected chi connectivity index (χ4v) is 5.04. The molecule has 0 aromatic carbocycles. The van der Waals surface area contributed by atoms with Gasteiger partial charge < -0.3 is 9.47 Å². The second-order valence-electron chi connectivity index (χ2n) is 9.52. The molecule has 0 radical (unpaired) electrons. The molecule has 2 saturated heterocycles. The van der Waals surface area contributed by atoms with E-state index in [1.165, 1.54) is 64.2 Å². The lowest BCUT2D eigenvalue weighted by Gasteiger charge is -2.39. The van der Waals surface area contributed by atoms with E-state index in [1.54, 1.807) is 12.2 Å². The first-order chi connectivity index (χ1) is 14.5. The normalized spacial score (nSPS) is 27.6. The van der Waals surface area contributed by atoms with Gasteiger partial charge in [0.2, 0.25) is 0 Å². The SMILES string of the molecule is CCCCCCCCCCCCCC1CC(=O)CC2(CCC3(C=CC(=O)C=C3)O2)O1. The lowest BCUT2D eigenvalue weighted by Crippen LogP contribution is -2.46. The third kappa shape index (κ3) is 6.88. The number of allylic oxidation sites excluding steroid dienone is 2. The van der Waals surface area contributed by atoms with Crippen LogP contribution in [0.5, 0.6) is 0 Å². The molecule has 0 N–H and O–H groups in total. The van der Waals surface area contributed by atoms with Gasteiger partial charge in [0.05, 0.1) is 12.5 Å². The summed E-state index contributed by atoms with van der Waals surface area (Å²) in [5.41, 5.74) is -0.577. The fraction of sp³-hybridized carbons (Fsp3) is 0.769. The van der Waals surface area contributed by atoms with Crippen molar-refractivity contribution in [3.8, 4) is 0 Å². The Labute approximate surface area is 182 Å². The monoisotopic (exact) mass is 416 g/mol. The maximum Gasteiger partial charge on any atom is 0.178 e. The van der Waals surface area contributed by atoms with Crippen LogP contribution in [0.2, 0.25) is 0 Å². The van der Waals surface area contributed by atoms with E-state index in [1.807, 2.05) is 12.2 Å². The van der Waals surface area contributed by atoms with Gasteiger partial charge >= 0.3 is 0 Å². The van der Waals surface area contributed by atoms with E-state index in [2.05, 4.69) is 6.92 Å². The minimum atomic E-state index is -0.799. The maximum atomic E-state index is 12.4.